The normalized spacial score (nSPS) is 17.3. The third-order valence-corrected chi connectivity index (χ3v) is 3.76. The van der Waals surface area contributed by atoms with Crippen LogP contribution in [0.15, 0.2) is 36.5 Å². The molecule has 1 unspecified atom stereocenters. The van der Waals surface area contributed by atoms with Gasteiger partial charge in [-0.3, -0.25) is 4.79 Å². The number of para-hydroxylation sites is 1. The molecule has 0 radical (unpaired) electrons. The van der Waals surface area contributed by atoms with Gasteiger partial charge in [0.05, 0.1) is 11.9 Å². The summed E-state index contributed by atoms with van der Waals surface area (Å²) in [5.74, 6) is 0.499. The summed E-state index contributed by atoms with van der Waals surface area (Å²) in [4.78, 5) is 15.8. The van der Waals surface area contributed by atoms with E-state index in [1.807, 2.05) is 42.3 Å². The van der Waals surface area contributed by atoms with Gasteiger partial charge in [-0.25, -0.2) is 0 Å². The summed E-state index contributed by atoms with van der Waals surface area (Å²) in [7, 11) is 1.94. The van der Waals surface area contributed by atoms with E-state index in [1.54, 1.807) is 6.20 Å². The quantitative estimate of drug-likeness (QED) is 0.924. The maximum atomic E-state index is 12.4. The average Bonchev–Trinajstić information content (AvgIpc) is 3.17. The van der Waals surface area contributed by atoms with Gasteiger partial charge in [-0.1, -0.05) is 18.2 Å². The molecule has 3 rings (SSSR count). The number of rotatable bonds is 4. The molecule has 1 aliphatic heterocycles. The van der Waals surface area contributed by atoms with Crippen LogP contribution in [0.25, 0.3) is 5.69 Å². The summed E-state index contributed by atoms with van der Waals surface area (Å²) in [6, 6.07) is 9.59. The topological polar surface area (TPSA) is 63.1 Å². The number of hydrogen-bond acceptors (Lipinski definition) is 4. The average molecular weight is 322 g/mol. The van der Waals surface area contributed by atoms with Crippen molar-refractivity contribution in [2.45, 2.75) is 6.42 Å². The van der Waals surface area contributed by atoms with Crippen LogP contribution in [0.2, 0.25) is 0 Å². The molecule has 0 aliphatic carbocycles. The Labute approximate surface area is 135 Å². The molecule has 2 aromatic rings. The molecule has 1 atom stereocenters. The molecule has 1 amide bonds. The molecule has 0 bridgehead atoms. The molecular formula is C15H20ClN5O. The van der Waals surface area contributed by atoms with Crippen molar-refractivity contribution in [2.75, 3.05) is 26.7 Å². The lowest BCUT2D eigenvalue weighted by Crippen LogP contribution is -2.30. The Morgan fingerprint density at radius 2 is 2.14 bits per heavy atom. The zero-order valence-electron chi connectivity index (χ0n) is 12.5. The highest BCUT2D eigenvalue weighted by Gasteiger charge is 2.27. The molecule has 0 saturated carbocycles. The number of nitrogens with zero attached hydrogens (tertiary/aromatic N) is 4. The molecule has 6 nitrogen and oxygen atoms in total. The third-order valence-electron chi connectivity index (χ3n) is 3.76. The van der Waals surface area contributed by atoms with E-state index in [-0.39, 0.29) is 18.3 Å². The van der Waals surface area contributed by atoms with E-state index in [9.17, 15) is 4.79 Å². The van der Waals surface area contributed by atoms with E-state index in [1.165, 1.54) is 4.80 Å². The van der Waals surface area contributed by atoms with Gasteiger partial charge < -0.3 is 10.2 Å². The van der Waals surface area contributed by atoms with E-state index in [2.05, 4.69) is 15.5 Å². The highest BCUT2D eigenvalue weighted by atomic mass is 35.5. The zero-order chi connectivity index (χ0) is 14.7. The van der Waals surface area contributed by atoms with E-state index in [0.717, 1.165) is 31.7 Å². The van der Waals surface area contributed by atoms with Crippen molar-refractivity contribution in [3.8, 4) is 5.69 Å². The van der Waals surface area contributed by atoms with E-state index in [0.29, 0.717) is 11.6 Å². The predicted molar refractivity (Wildman–Crippen MR) is 86.5 cm³/mol. The van der Waals surface area contributed by atoms with E-state index in [4.69, 9.17) is 0 Å². The Morgan fingerprint density at radius 3 is 2.86 bits per heavy atom. The number of carbonyl (C=O) groups is 1. The largest absolute Gasteiger partial charge is 0.337 e. The molecule has 118 valence electrons. The van der Waals surface area contributed by atoms with Crippen LogP contribution in [0.1, 0.15) is 16.9 Å². The van der Waals surface area contributed by atoms with Crippen LogP contribution in [0.3, 0.4) is 0 Å². The number of halogens is 1. The summed E-state index contributed by atoms with van der Waals surface area (Å²) in [6.45, 7) is 2.53. The number of benzene rings is 1. The van der Waals surface area contributed by atoms with Crippen molar-refractivity contribution in [3.05, 3.63) is 42.2 Å². The van der Waals surface area contributed by atoms with Gasteiger partial charge in [0, 0.05) is 13.1 Å². The minimum Gasteiger partial charge on any atom is -0.337 e. The van der Waals surface area contributed by atoms with Crippen LogP contribution >= 0.6 is 12.4 Å². The molecule has 1 aromatic carbocycles. The van der Waals surface area contributed by atoms with Gasteiger partial charge in [0.2, 0.25) is 0 Å². The second-order valence-corrected chi connectivity index (χ2v) is 5.32. The van der Waals surface area contributed by atoms with Crippen LogP contribution in [0.5, 0.6) is 0 Å². The smallest absolute Gasteiger partial charge is 0.276 e. The number of aromatic nitrogens is 3. The lowest BCUT2D eigenvalue weighted by Gasteiger charge is -2.14. The van der Waals surface area contributed by atoms with Crippen LogP contribution < -0.4 is 5.32 Å². The molecule has 1 N–H and O–H groups in total. The fraction of sp³-hybridized carbons (Fsp3) is 0.400. The first kappa shape index (κ1) is 16.5. The maximum absolute atomic E-state index is 12.4. The number of carbonyl (C=O) groups excluding carboxylic acids is 1. The minimum absolute atomic E-state index is 0. The molecule has 1 fully saturated rings. The predicted octanol–water partition coefficient (Wildman–Crippen LogP) is 1.37. The van der Waals surface area contributed by atoms with Crippen molar-refractivity contribution < 1.29 is 4.79 Å². The molecule has 2 heterocycles. The van der Waals surface area contributed by atoms with E-state index >= 15 is 0 Å². The molecule has 0 spiro atoms. The van der Waals surface area contributed by atoms with Crippen LogP contribution in [0.4, 0.5) is 0 Å². The Balaban J connectivity index is 0.00000176. The number of nitrogens with one attached hydrogen (secondary N) is 1. The SMILES string of the molecule is CNCC1CCN(C(=O)c2cnn(-c3ccccc3)n2)C1.Cl. The third kappa shape index (κ3) is 3.45. The molecule has 1 saturated heterocycles. The van der Waals surface area contributed by atoms with Gasteiger partial charge >= 0.3 is 0 Å². The van der Waals surface area contributed by atoms with Gasteiger partial charge in [0.1, 0.15) is 0 Å². The van der Waals surface area contributed by atoms with Gasteiger partial charge in [-0.2, -0.15) is 9.90 Å². The van der Waals surface area contributed by atoms with Gasteiger partial charge in [0.15, 0.2) is 5.69 Å². The molecule has 22 heavy (non-hydrogen) atoms. The first-order chi connectivity index (χ1) is 10.3. The highest BCUT2D eigenvalue weighted by molar-refractivity contribution is 5.92. The first-order valence-corrected chi connectivity index (χ1v) is 7.19. The standard InChI is InChI=1S/C15H19N5O.ClH/c1-16-9-12-7-8-19(11-12)15(21)14-10-17-20(18-14)13-5-3-2-4-6-13;/h2-6,10,12,16H,7-9,11H2,1H3;1H. The second-order valence-electron chi connectivity index (χ2n) is 5.32. The fourth-order valence-corrected chi connectivity index (χ4v) is 2.68. The van der Waals surface area contributed by atoms with Crippen molar-refractivity contribution in [3.63, 3.8) is 0 Å². The maximum Gasteiger partial charge on any atom is 0.276 e. The van der Waals surface area contributed by atoms with Crippen molar-refractivity contribution in [1.82, 2.24) is 25.2 Å². The Bertz CT molecular complexity index is 615. The van der Waals surface area contributed by atoms with Gasteiger partial charge in [-0.05, 0) is 38.1 Å². The van der Waals surface area contributed by atoms with Crippen molar-refractivity contribution >= 4 is 18.3 Å². The summed E-state index contributed by atoms with van der Waals surface area (Å²) in [6.07, 6.45) is 2.58. The Kier molecular flexibility index (Phi) is 5.51. The van der Waals surface area contributed by atoms with Gasteiger partial charge in [-0.15, -0.1) is 17.5 Å². The summed E-state index contributed by atoms with van der Waals surface area (Å²) in [5.41, 5.74) is 1.26. The van der Waals surface area contributed by atoms with E-state index < -0.39 is 0 Å². The van der Waals surface area contributed by atoms with Crippen LogP contribution in [0, 0.1) is 5.92 Å². The van der Waals surface area contributed by atoms with Gasteiger partial charge in [0.25, 0.3) is 5.91 Å². The highest BCUT2D eigenvalue weighted by Crippen LogP contribution is 2.17. The summed E-state index contributed by atoms with van der Waals surface area (Å²) in [5, 5.41) is 11.6. The minimum atomic E-state index is -0.0317. The fourth-order valence-electron chi connectivity index (χ4n) is 2.68. The monoisotopic (exact) mass is 321 g/mol. The number of hydrogen-bond donors (Lipinski definition) is 1. The zero-order valence-corrected chi connectivity index (χ0v) is 13.3. The lowest BCUT2D eigenvalue weighted by molar-refractivity contribution is 0.0781. The molecule has 7 heteroatoms. The number of amides is 1. The Hall–Kier alpha value is -1.92. The van der Waals surface area contributed by atoms with Crippen molar-refractivity contribution in [2.24, 2.45) is 5.92 Å². The van der Waals surface area contributed by atoms with Crippen LogP contribution in [-0.4, -0.2) is 52.5 Å². The van der Waals surface area contributed by atoms with Crippen LogP contribution in [-0.2, 0) is 0 Å². The molecule has 1 aromatic heterocycles. The molecule has 1 aliphatic rings. The summed E-state index contributed by atoms with van der Waals surface area (Å²) >= 11 is 0. The molecular weight excluding hydrogens is 302 g/mol. The Morgan fingerprint density at radius 1 is 1.36 bits per heavy atom. The summed E-state index contributed by atoms with van der Waals surface area (Å²) < 4.78 is 0. The second kappa shape index (κ2) is 7.38. The lowest BCUT2D eigenvalue weighted by atomic mass is 10.1. The van der Waals surface area contributed by atoms with Crippen molar-refractivity contribution in [1.29, 1.82) is 0 Å². The first-order valence-electron chi connectivity index (χ1n) is 7.19. The number of likely N-dealkylation sites (tertiary alicyclic amines) is 1.